The maximum atomic E-state index is 12.2. The number of carbonyl (C=O) groups is 1. The minimum Gasteiger partial charge on any atom is -0.321 e. The van der Waals surface area contributed by atoms with E-state index in [0.717, 1.165) is 16.8 Å². The molecule has 0 aliphatic heterocycles. The van der Waals surface area contributed by atoms with Gasteiger partial charge in [-0.25, -0.2) is 0 Å². The lowest BCUT2D eigenvalue weighted by Crippen LogP contribution is -2.12. The van der Waals surface area contributed by atoms with Gasteiger partial charge in [0.25, 0.3) is 5.91 Å². The van der Waals surface area contributed by atoms with Crippen LogP contribution in [0.1, 0.15) is 20.8 Å². The molecule has 19 heavy (non-hydrogen) atoms. The third kappa shape index (κ3) is 3.22. The third-order valence-corrected chi connectivity index (χ3v) is 3.50. The highest BCUT2D eigenvalue weighted by Gasteiger charge is 2.12. The summed E-state index contributed by atoms with van der Waals surface area (Å²) in [7, 11) is 0. The van der Waals surface area contributed by atoms with Gasteiger partial charge in [-0.1, -0.05) is 30.0 Å². The van der Waals surface area contributed by atoms with Gasteiger partial charge >= 0.3 is 0 Å². The number of benzene rings is 1. The largest absolute Gasteiger partial charge is 0.321 e. The molecule has 0 saturated carbocycles. The molecule has 0 spiro atoms. The van der Waals surface area contributed by atoms with E-state index in [-0.39, 0.29) is 12.5 Å². The first kappa shape index (κ1) is 13.3. The molecule has 1 aromatic heterocycles. The number of nitrogens with one attached hydrogen (secondary N) is 1. The number of carbonyl (C=O) groups excluding carboxylic acids is 1. The highest BCUT2D eigenvalue weighted by atomic mass is 32.1. The third-order valence-electron chi connectivity index (χ3n) is 2.59. The van der Waals surface area contributed by atoms with Crippen molar-refractivity contribution < 1.29 is 4.79 Å². The van der Waals surface area contributed by atoms with Crippen LogP contribution in [0.25, 0.3) is 0 Å². The number of nitrogens with two attached hydrogens (primary N) is 1. The van der Waals surface area contributed by atoms with Crippen LogP contribution in [0.2, 0.25) is 0 Å². The van der Waals surface area contributed by atoms with Crippen molar-refractivity contribution in [2.75, 3.05) is 11.9 Å². The smallest absolute Gasteiger partial charge is 0.267 e. The van der Waals surface area contributed by atoms with Gasteiger partial charge in [0.2, 0.25) is 0 Å². The van der Waals surface area contributed by atoms with Crippen LogP contribution in [0, 0.1) is 18.8 Å². The Hall–Kier alpha value is -2.09. The van der Waals surface area contributed by atoms with E-state index in [9.17, 15) is 4.79 Å². The fourth-order valence-electron chi connectivity index (χ4n) is 1.62. The van der Waals surface area contributed by atoms with Crippen molar-refractivity contribution in [3.8, 4) is 11.8 Å². The second-order valence-electron chi connectivity index (χ2n) is 3.94. The average molecular weight is 270 g/mol. The summed E-state index contributed by atoms with van der Waals surface area (Å²) in [6.07, 6.45) is 0. The van der Waals surface area contributed by atoms with Gasteiger partial charge in [0.1, 0.15) is 4.88 Å². The lowest BCUT2D eigenvalue weighted by atomic mass is 10.2. The molecule has 0 bridgehead atoms. The fourth-order valence-corrected chi connectivity index (χ4v) is 2.37. The summed E-state index contributed by atoms with van der Waals surface area (Å²) >= 11 is 1.38. The van der Waals surface area contributed by atoms with Gasteiger partial charge < -0.3 is 11.1 Å². The Morgan fingerprint density at radius 1 is 1.37 bits per heavy atom. The maximum Gasteiger partial charge on any atom is 0.267 e. The van der Waals surface area contributed by atoms with E-state index >= 15 is 0 Å². The molecule has 0 fully saturated rings. The molecule has 1 heterocycles. The summed E-state index contributed by atoms with van der Waals surface area (Å²) in [5.41, 5.74) is 7.92. The van der Waals surface area contributed by atoms with Crippen molar-refractivity contribution in [3.05, 3.63) is 51.7 Å². The Morgan fingerprint density at radius 3 is 2.89 bits per heavy atom. The zero-order valence-electron chi connectivity index (χ0n) is 10.6. The first-order valence-electron chi connectivity index (χ1n) is 5.86. The standard InChI is InChI=1S/C15H14N2OS/c1-11-5-2-3-7-13(11)17-15(18)14-12(6-4-9-16)8-10-19-14/h2-3,5,7-8,10H,9,16H2,1H3,(H,17,18). The van der Waals surface area contributed by atoms with Crippen LogP contribution in [-0.2, 0) is 0 Å². The van der Waals surface area contributed by atoms with E-state index in [0.29, 0.717) is 4.88 Å². The summed E-state index contributed by atoms with van der Waals surface area (Å²) < 4.78 is 0. The zero-order chi connectivity index (χ0) is 13.7. The SMILES string of the molecule is Cc1ccccc1NC(=O)c1sccc1C#CCN. The topological polar surface area (TPSA) is 55.1 Å². The monoisotopic (exact) mass is 270 g/mol. The molecule has 1 aromatic carbocycles. The van der Waals surface area contributed by atoms with Crippen molar-refractivity contribution in [2.24, 2.45) is 5.73 Å². The van der Waals surface area contributed by atoms with Gasteiger partial charge in [-0.15, -0.1) is 11.3 Å². The molecular formula is C15H14N2OS. The molecular weight excluding hydrogens is 256 g/mol. The molecule has 2 rings (SSSR count). The summed E-state index contributed by atoms with van der Waals surface area (Å²) in [5.74, 6) is 5.54. The number of thiophene rings is 1. The maximum absolute atomic E-state index is 12.2. The first-order chi connectivity index (χ1) is 9.22. The second kappa shape index (κ2) is 6.19. The number of aryl methyl sites for hydroxylation is 1. The normalized spacial score (nSPS) is 9.58. The van der Waals surface area contributed by atoms with E-state index in [1.165, 1.54) is 11.3 Å². The number of rotatable bonds is 2. The lowest BCUT2D eigenvalue weighted by molar-refractivity contribution is 0.103. The molecule has 2 aromatic rings. The van der Waals surface area contributed by atoms with E-state index in [2.05, 4.69) is 17.2 Å². The summed E-state index contributed by atoms with van der Waals surface area (Å²) in [6, 6.07) is 9.51. The molecule has 3 nitrogen and oxygen atoms in total. The summed E-state index contributed by atoms with van der Waals surface area (Å²) in [5, 5.41) is 4.76. The Bertz CT molecular complexity index is 649. The predicted molar refractivity (Wildman–Crippen MR) is 79.4 cm³/mol. The number of amides is 1. The van der Waals surface area contributed by atoms with Crippen LogP contribution in [0.4, 0.5) is 5.69 Å². The molecule has 0 aliphatic rings. The minimum atomic E-state index is -0.134. The van der Waals surface area contributed by atoms with E-state index < -0.39 is 0 Å². The van der Waals surface area contributed by atoms with Crippen LogP contribution < -0.4 is 11.1 Å². The molecule has 0 radical (unpaired) electrons. The van der Waals surface area contributed by atoms with Crippen molar-refractivity contribution in [3.63, 3.8) is 0 Å². The molecule has 96 valence electrons. The quantitative estimate of drug-likeness (QED) is 0.824. The first-order valence-corrected chi connectivity index (χ1v) is 6.73. The van der Waals surface area contributed by atoms with Gasteiger partial charge in [0.05, 0.1) is 6.54 Å². The van der Waals surface area contributed by atoms with Crippen molar-refractivity contribution in [1.29, 1.82) is 0 Å². The number of para-hydroxylation sites is 1. The average Bonchev–Trinajstić information content (AvgIpc) is 2.87. The van der Waals surface area contributed by atoms with Gasteiger partial charge in [-0.3, -0.25) is 4.79 Å². The zero-order valence-corrected chi connectivity index (χ0v) is 11.4. The number of hydrogen-bond acceptors (Lipinski definition) is 3. The van der Waals surface area contributed by atoms with Crippen LogP contribution >= 0.6 is 11.3 Å². The van der Waals surface area contributed by atoms with E-state index in [1.807, 2.05) is 42.6 Å². The van der Waals surface area contributed by atoms with Gasteiger partial charge in [0.15, 0.2) is 0 Å². The molecule has 0 atom stereocenters. The molecule has 0 unspecified atom stereocenters. The van der Waals surface area contributed by atoms with Crippen LogP contribution in [-0.4, -0.2) is 12.5 Å². The van der Waals surface area contributed by atoms with Crippen molar-refractivity contribution in [2.45, 2.75) is 6.92 Å². The summed E-state index contributed by atoms with van der Waals surface area (Å²) in [6.45, 7) is 2.24. The highest BCUT2D eigenvalue weighted by Crippen LogP contribution is 2.19. The Balaban J connectivity index is 2.22. The summed E-state index contributed by atoms with van der Waals surface area (Å²) in [4.78, 5) is 12.8. The Morgan fingerprint density at radius 2 is 2.16 bits per heavy atom. The predicted octanol–water partition coefficient (Wildman–Crippen LogP) is 2.62. The Kier molecular flexibility index (Phi) is 4.35. The number of hydrogen-bond donors (Lipinski definition) is 2. The van der Waals surface area contributed by atoms with Crippen LogP contribution in [0.3, 0.4) is 0 Å². The highest BCUT2D eigenvalue weighted by molar-refractivity contribution is 7.12. The molecule has 0 saturated heterocycles. The van der Waals surface area contributed by atoms with E-state index in [4.69, 9.17) is 5.73 Å². The van der Waals surface area contributed by atoms with Gasteiger partial charge in [-0.2, -0.15) is 0 Å². The fraction of sp³-hybridized carbons (Fsp3) is 0.133. The molecule has 3 N–H and O–H groups in total. The minimum absolute atomic E-state index is 0.134. The molecule has 1 amide bonds. The molecule has 4 heteroatoms. The van der Waals surface area contributed by atoms with Crippen molar-refractivity contribution in [1.82, 2.24) is 0 Å². The van der Waals surface area contributed by atoms with Crippen molar-refractivity contribution >= 4 is 22.9 Å². The Labute approximate surface area is 116 Å². The molecule has 0 aliphatic carbocycles. The van der Waals surface area contributed by atoms with Gasteiger partial charge in [-0.05, 0) is 30.0 Å². The van der Waals surface area contributed by atoms with Crippen LogP contribution in [0.5, 0.6) is 0 Å². The second-order valence-corrected chi connectivity index (χ2v) is 4.85. The van der Waals surface area contributed by atoms with Crippen LogP contribution in [0.15, 0.2) is 35.7 Å². The van der Waals surface area contributed by atoms with Gasteiger partial charge in [0, 0.05) is 11.3 Å². The number of anilines is 1. The lowest BCUT2D eigenvalue weighted by Gasteiger charge is -2.07. The van der Waals surface area contributed by atoms with E-state index in [1.54, 1.807) is 0 Å².